The Morgan fingerprint density at radius 1 is 0.625 bits per heavy atom. The molecule has 15 heteroatoms. The van der Waals surface area contributed by atoms with Crippen molar-refractivity contribution < 1.29 is 28.0 Å². The lowest BCUT2D eigenvalue weighted by molar-refractivity contribution is 0.0693. The van der Waals surface area contributed by atoms with Crippen LogP contribution in [0.25, 0.3) is 11.1 Å². The maximum absolute atomic E-state index is 11.4. The number of hydrogen-bond acceptors (Lipinski definition) is 12. The van der Waals surface area contributed by atoms with Crippen LogP contribution in [0.3, 0.4) is 0 Å². The molecule has 48 heavy (non-hydrogen) atoms. The Kier molecular flexibility index (Phi) is 9.35. The molecular weight excluding hydrogens is 636 g/mol. The van der Waals surface area contributed by atoms with Crippen molar-refractivity contribution in [1.82, 2.24) is 0 Å². The predicted molar refractivity (Wildman–Crippen MR) is 180 cm³/mol. The third kappa shape index (κ3) is 7.55. The molecule has 0 unspecified atom stereocenters. The van der Waals surface area contributed by atoms with Gasteiger partial charge in [0.2, 0.25) is 0 Å². The number of aromatic hydroxyl groups is 1. The molecule has 0 saturated heterocycles. The first-order chi connectivity index (χ1) is 22.8. The molecular formula is C33H28N8O6S. The largest absolute Gasteiger partial charge is 0.507 e. The van der Waals surface area contributed by atoms with E-state index in [1.54, 1.807) is 44.2 Å². The summed E-state index contributed by atoms with van der Waals surface area (Å²) in [5.74, 6) is -1.61. The van der Waals surface area contributed by atoms with E-state index in [0.717, 1.165) is 11.1 Å². The molecule has 0 bridgehead atoms. The van der Waals surface area contributed by atoms with Gasteiger partial charge in [0.05, 0.1) is 39.0 Å². The van der Waals surface area contributed by atoms with Gasteiger partial charge in [-0.25, -0.2) is 4.79 Å². The summed E-state index contributed by atoms with van der Waals surface area (Å²) in [5, 5.41) is 44.0. The highest BCUT2D eigenvalue weighted by Gasteiger charge is 2.14. The SMILES string of the molecule is Cc1cc(S(=O)(=O)O)ccc1N=Nc1c(N)c(C)cc(N=Nc2ccc(-c3ccc(N=Nc4ccc(O)c(C(=O)O)c4)cc3)cc2)c1N. The molecule has 5 rings (SSSR count). The molecule has 0 aliphatic heterocycles. The van der Waals surface area contributed by atoms with Gasteiger partial charge >= 0.3 is 5.97 Å². The van der Waals surface area contributed by atoms with Crippen molar-refractivity contribution in [3.63, 3.8) is 0 Å². The van der Waals surface area contributed by atoms with Crippen molar-refractivity contribution in [3.05, 3.63) is 108 Å². The normalized spacial score (nSPS) is 12.0. The fraction of sp³-hybridized carbons (Fsp3) is 0.0606. The van der Waals surface area contributed by atoms with Gasteiger partial charge in [-0.1, -0.05) is 24.3 Å². The molecule has 0 atom stereocenters. The van der Waals surface area contributed by atoms with E-state index in [-0.39, 0.29) is 33.3 Å². The Bertz CT molecular complexity index is 2230. The monoisotopic (exact) mass is 664 g/mol. The van der Waals surface area contributed by atoms with E-state index < -0.39 is 16.1 Å². The molecule has 5 aromatic carbocycles. The van der Waals surface area contributed by atoms with Crippen molar-refractivity contribution in [1.29, 1.82) is 0 Å². The first-order valence-corrected chi connectivity index (χ1v) is 15.5. The van der Waals surface area contributed by atoms with Gasteiger partial charge in [0, 0.05) is 0 Å². The zero-order chi connectivity index (χ0) is 34.6. The third-order valence-corrected chi connectivity index (χ3v) is 7.97. The van der Waals surface area contributed by atoms with Crippen LogP contribution >= 0.6 is 0 Å². The molecule has 0 amide bonds. The molecule has 242 valence electrons. The number of carboxylic acids is 1. The number of azo groups is 3. The summed E-state index contributed by atoms with van der Waals surface area (Å²) in [6.45, 7) is 3.39. The van der Waals surface area contributed by atoms with Crippen LogP contribution in [0.4, 0.5) is 45.5 Å². The Hall–Kier alpha value is -6.32. The van der Waals surface area contributed by atoms with Crippen LogP contribution in [0.1, 0.15) is 21.5 Å². The number of phenols is 1. The summed E-state index contributed by atoms with van der Waals surface area (Å²) < 4.78 is 32.1. The number of carbonyl (C=O) groups is 1. The number of nitrogens with two attached hydrogens (primary N) is 2. The molecule has 5 aromatic rings. The molecule has 0 radical (unpaired) electrons. The number of benzene rings is 5. The Labute approximate surface area is 274 Å². The second-order valence-electron chi connectivity index (χ2n) is 10.5. The van der Waals surface area contributed by atoms with Crippen LogP contribution in [0.5, 0.6) is 5.75 Å². The van der Waals surface area contributed by atoms with Gasteiger partial charge in [-0.3, -0.25) is 4.55 Å². The first kappa shape index (κ1) is 33.1. The van der Waals surface area contributed by atoms with Gasteiger partial charge in [0.1, 0.15) is 22.7 Å². The molecule has 0 heterocycles. The zero-order valence-corrected chi connectivity index (χ0v) is 26.3. The molecule has 0 saturated carbocycles. The molecule has 0 spiro atoms. The van der Waals surface area contributed by atoms with Crippen LogP contribution < -0.4 is 11.5 Å². The van der Waals surface area contributed by atoms with Crippen molar-refractivity contribution in [2.45, 2.75) is 18.7 Å². The topological polar surface area (TPSA) is 238 Å². The predicted octanol–water partition coefficient (Wildman–Crippen LogP) is 9.03. The molecule has 0 aliphatic rings. The second-order valence-corrected chi connectivity index (χ2v) is 11.9. The van der Waals surface area contributed by atoms with E-state index in [9.17, 15) is 22.9 Å². The maximum atomic E-state index is 11.4. The molecule has 14 nitrogen and oxygen atoms in total. The number of nitrogens with zero attached hydrogens (tertiary/aromatic N) is 6. The van der Waals surface area contributed by atoms with E-state index >= 15 is 0 Å². The lowest BCUT2D eigenvalue weighted by Crippen LogP contribution is -1.98. The minimum absolute atomic E-state index is 0.152. The Balaban J connectivity index is 1.30. The van der Waals surface area contributed by atoms with Gasteiger partial charge in [-0.05, 0) is 103 Å². The van der Waals surface area contributed by atoms with Crippen molar-refractivity contribution in [3.8, 4) is 16.9 Å². The minimum Gasteiger partial charge on any atom is -0.507 e. The number of aromatic carboxylic acids is 1. The highest BCUT2D eigenvalue weighted by atomic mass is 32.2. The van der Waals surface area contributed by atoms with Crippen molar-refractivity contribution in [2.24, 2.45) is 30.7 Å². The van der Waals surface area contributed by atoms with E-state index in [1.807, 2.05) is 24.3 Å². The highest BCUT2D eigenvalue weighted by Crippen LogP contribution is 2.41. The highest BCUT2D eigenvalue weighted by molar-refractivity contribution is 7.85. The van der Waals surface area contributed by atoms with Crippen LogP contribution in [-0.4, -0.2) is 29.2 Å². The fourth-order valence-corrected chi connectivity index (χ4v) is 5.00. The molecule has 0 fully saturated rings. The zero-order valence-electron chi connectivity index (χ0n) is 25.5. The summed E-state index contributed by atoms with van der Waals surface area (Å²) in [6.07, 6.45) is 0. The van der Waals surface area contributed by atoms with E-state index in [4.69, 9.17) is 16.6 Å². The Morgan fingerprint density at radius 2 is 1.17 bits per heavy atom. The summed E-state index contributed by atoms with van der Waals surface area (Å²) >= 11 is 0. The van der Waals surface area contributed by atoms with Gasteiger partial charge in [0.25, 0.3) is 10.1 Å². The average Bonchev–Trinajstić information content (AvgIpc) is 3.06. The quantitative estimate of drug-likeness (QED) is 0.0577. The van der Waals surface area contributed by atoms with E-state index in [1.165, 1.54) is 36.4 Å². The van der Waals surface area contributed by atoms with Gasteiger partial charge in [0.15, 0.2) is 0 Å². The van der Waals surface area contributed by atoms with Crippen LogP contribution in [0.2, 0.25) is 0 Å². The fourth-order valence-electron chi connectivity index (χ4n) is 4.43. The standard InChI is InChI=1S/C33H28N8O6S/c1-18-15-25(48(45,46)47)12-13-27(18)39-41-32-30(34)19(2)16-28(31(32)35)40-37-23-9-5-21(6-10-23)20-3-7-22(8-4-20)36-38-24-11-14-29(42)26(17-24)33(43)44/h3-17,42H,34-35H2,1-2H3,(H,43,44)(H,45,46,47). The number of rotatable bonds is 9. The number of hydrogen-bond donors (Lipinski definition) is 5. The van der Waals surface area contributed by atoms with Crippen LogP contribution in [0, 0.1) is 13.8 Å². The Morgan fingerprint density at radius 3 is 1.73 bits per heavy atom. The molecule has 0 aliphatic carbocycles. The summed E-state index contributed by atoms with van der Waals surface area (Å²) in [7, 11) is -4.36. The smallest absolute Gasteiger partial charge is 0.339 e. The lowest BCUT2D eigenvalue weighted by Gasteiger charge is -2.10. The summed E-state index contributed by atoms with van der Waals surface area (Å²) in [4.78, 5) is 11.0. The number of nitrogen functional groups attached to an aromatic ring is 2. The second kappa shape index (κ2) is 13.6. The minimum atomic E-state index is -4.36. The number of anilines is 2. The summed E-state index contributed by atoms with van der Waals surface area (Å²) in [5.41, 5.74) is 18.0. The van der Waals surface area contributed by atoms with Crippen molar-refractivity contribution >= 4 is 61.6 Å². The lowest BCUT2D eigenvalue weighted by atomic mass is 10.1. The van der Waals surface area contributed by atoms with E-state index in [2.05, 4.69) is 30.7 Å². The van der Waals surface area contributed by atoms with Crippen molar-refractivity contribution in [2.75, 3.05) is 11.5 Å². The number of carboxylic acid groups (broad SMARTS) is 1. The third-order valence-electron chi connectivity index (χ3n) is 7.12. The van der Waals surface area contributed by atoms with Crippen LogP contribution in [0.15, 0.2) is 127 Å². The average molecular weight is 665 g/mol. The van der Waals surface area contributed by atoms with Gasteiger partial charge in [-0.15, -0.1) is 10.2 Å². The van der Waals surface area contributed by atoms with E-state index in [0.29, 0.717) is 39.6 Å². The first-order valence-electron chi connectivity index (χ1n) is 14.1. The molecule has 7 N–H and O–H groups in total. The van der Waals surface area contributed by atoms with Gasteiger partial charge < -0.3 is 21.7 Å². The number of aryl methyl sites for hydroxylation is 2. The van der Waals surface area contributed by atoms with Crippen LogP contribution in [-0.2, 0) is 10.1 Å². The van der Waals surface area contributed by atoms with Gasteiger partial charge in [-0.2, -0.15) is 28.9 Å². The maximum Gasteiger partial charge on any atom is 0.339 e. The summed E-state index contributed by atoms with van der Waals surface area (Å²) in [6, 6.07) is 24.1. The molecule has 0 aromatic heterocycles.